The maximum absolute atomic E-state index is 9.27. The quantitative estimate of drug-likeness (QED) is 0.219. The molecule has 0 radical (unpaired) electrons. The highest BCUT2D eigenvalue weighted by Gasteiger charge is 2.37. The number of nitrogens with zero attached hydrogens (tertiary/aromatic N) is 2. The van der Waals surface area contributed by atoms with Crippen LogP contribution in [0.1, 0.15) is 44.5 Å². The number of nitriles is 2. The Kier molecular flexibility index (Phi) is 5.66. The van der Waals surface area contributed by atoms with Crippen molar-refractivity contribution in [1.82, 2.24) is 0 Å². The molecule has 0 aromatic heterocycles. The molecule has 1 heterocycles. The zero-order chi connectivity index (χ0) is 29.2. The van der Waals surface area contributed by atoms with Gasteiger partial charge in [0, 0.05) is 11.1 Å². The Morgan fingerprint density at radius 1 is 0.558 bits per heavy atom. The van der Waals surface area contributed by atoms with Crippen LogP contribution in [0.2, 0.25) is 0 Å². The van der Waals surface area contributed by atoms with E-state index in [0.717, 1.165) is 46.6 Å². The minimum absolute atomic E-state index is 0.634. The number of benzene rings is 5. The molecule has 2 aliphatic carbocycles. The van der Waals surface area contributed by atoms with Crippen molar-refractivity contribution in [1.29, 1.82) is 10.5 Å². The second-order valence-electron chi connectivity index (χ2n) is 11.3. The molecular formula is C38H26N2O3. The molecule has 0 amide bonds. The number of methoxy groups -OCH3 is 2. The number of hydrogen-bond acceptors (Lipinski definition) is 5. The largest absolute Gasteiger partial charge is 0.496 e. The summed E-state index contributed by atoms with van der Waals surface area (Å²) >= 11 is 0. The van der Waals surface area contributed by atoms with Crippen molar-refractivity contribution >= 4 is 0 Å². The van der Waals surface area contributed by atoms with E-state index in [-0.39, 0.29) is 0 Å². The molecule has 0 saturated carbocycles. The van der Waals surface area contributed by atoms with Crippen molar-refractivity contribution in [3.05, 3.63) is 117 Å². The zero-order valence-corrected chi connectivity index (χ0v) is 23.9. The van der Waals surface area contributed by atoms with Gasteiger partial charge in [-0.3, -0.25) is 0 Å². The van der Waals surface area contributed by atoms with Crippen LogP contribution in [-0.2, 0) is 30.8 Å². The van der Waals surface area contributed by atoms with E-state index < -0.39 is 0 Å². The van der Waals surface area contributed by atoms with Crippen LogP contribution in [0.15, 0.2) is 72.8 Å². The van der Waals surface area contributed by atoms with Crippen LogP contribution in [0.25, 0.3) is 44.5 Å². The molecule has 8 rings (SSSR count). The summed E-state index contributed by atoms with van der Waals surface area (Å²) < 4.78 is 18.0. The van der Waals surface area contributed by atoms with Gasteiger partial charge in [-0.25, -0.2) is 0 Å². The van der Waals surface area contributed by atoms with E-state index in [1.165, 1.54) is 55.6 Å². The maximum atomic E-state index is 9.27. The molecule has 0 saturated heterocycles. The molecule has 5 nitrogen and oxygen atoms in total. The molecule has 0 unspecified atom stereocenters. The third-order valence-electron chi connectivity index (χ3n) is 9.21. The standard InChI is InChI=1S/C38H26N2O3/c1-41-35-15-29-25(11-27(35)23-7-3-21(17-39)4-8-23)13-31-33-19-43-20-34(33)32-14-26-12-28(24-9-5-22(18-40)6-10-24)36(42-2)16-30(26)38(32)37(29)31/h3-12,15-16H,13-14,19-20H2,1-2H3. The molecule has 3 aliphatic rings. The summed E-state index contributed by atoms with van der Waals surface area (Å²) in [7, 11) is 3.44. The van der Waals surface area contributed by atoms with Crippen molar-refractivity contribution in [3.8, 4) is 68.1 Å². The fraction of sp³-hybridized carbons (Fsp3) is 0.158. The lowest BCUT2D eigenvalue weighted by atomic mass is 9.87. The minimum atomic E-state index is 0.634. The van der Waals surface area contributed by atoms with Gasteiger partial charge in [-0.1, -0.05) is 24.3 Å². The van der Waals surface area contributed by atoms with Crippen LogP contribution < -0.4 is 9.47 Å². The van der Waals surface area contributed by atoms with Gasteiger partial charge in [0.15, 0.2) is 0 Å². The van der Waals surface area contributed by atoms with Gasteiger partial charge < -0.3 is 14.2 Å². The first-order valence-corrected chi connectivity index (χ1v) is 14.3. The molecule has 0 spiro atoms. The lowest BCUT2D eigenvalue weighted by Gasteiger charge is -2.17. The first kappa shape index (κ1) is 25.4. The smallest absolute Gasteiger partial charge is 0.127 e. The lowest BCUT2D eigenvalue weighted by molar-refractivity contribution is 0.134. The van der Waals surface area contributed by atoms with Crippen LogP contribution in [-0.4, -0.2) is 14.2 Å². The van der Waals surface area contributed by atoms with Crippen molar-refractivity contribution in [2.45, 2.75) is 26.1 Å². The average Bonchev–Trinajstić information content (AvgIpc) is 3.78. The molecule has 0 bridgehead atoms. The van der Waals surface area contributed by atoms with Crippen molar-refractivity contribution in [2.75, 3.05) is 14.2 Å². The molecular weight excluding hydrogens is 532 g/mol. The van der Waals surface area contributed by atoms with Gasteiger partial charge in [-0.2, -0.15) is 10.5 Å². The molecule has 0 N–H and O–H groups in total. The Morgan fingerprint density at radius 2 is 0.977 bits per heavy atom. The third kappa shape index (κ3) is 3.73. The summed E-state index contributed by atoms with van der Waals surface area (Å²) in [6.07, 6.45) is 1.68. The Morgan fingerprint density at radius 3 is 1.35 bits per heavy atom. The van der Waals surface area contributed by atoms with E-state index in [1.54, 1.807) is 14.2 Å². The summed E-state index contributed by atoms with van der Waals surface area (Å²) in [5.41, 5.74) is 18.3. The molecule has 1 aliphatic heterocycles. The van der Waals surface area contributed by atoms with E-state index in [1.807, 2.05) is 48.5 Å². The Hall–Kier alpha value is -5.36. The second-order valence-corrected chi connectivity index (χ2v) is 11.3. The first-order valence-electron chi connectivity index (χ1n) is 14.3. The molecule has 5 heteroatoms. The number of fused-ring (bicyclic) bond motifs is 10. The summed E-state index contributed by atoms with van der Waals surface area (Å²) in [4.78, 5) is 0. The molecule has 5 aromatic carbocycles. The average molecular weight is 559 g/mol. The Labute approximate surface area is 250 Å². The van der Waals surface area contributed by atoms with Gasteiger partial charge in [0.1, 0.15) is 11.5 Å². The fourth-order valence-electron chi connectivity index (χ4n) is 7.18. The van der Waals surface area contributed by atoms with E-state index >= 15 is 0 Å². The van der Waals surface area contributed by atoms with Crippen LogP contribution in [0.5, 0.6) is 11.5 Å². The summed E-state index contributed by atoms with van der Waals surface area (Å²) in [5.74, 6) is 1.63. The van der Waals surface area contributed by atoms with Crippen molar-refractivity contribution in [3.63, 3.8) is 0 Å². The van der Waals surface area contributed by atoms with E-state index in [4.69, 9.17) is 14.2 Å². The molecule has 0 fully saturated rings. The van der Waals surface area contributed by atoms with Crippen LogP contribution in [0.3, 0.4) is 0 Å². The first-order chi connectivity index (χ1) is 21.1. The minimum Gasteiger partial charge on any atom is -0.496 e. The zero-order valence-electron chi connectivity index (χ0n) is 23.9. The van der Waals surface area contributed by atoms with Gasteiger partial charge in [0.2, 0.25) is 0 Å². The lowest BCUT2D eigenvalue weighted by Crippen LogP contribution is -1.98. The maximum Gasteiger partial charge on any atom is 0.127 e. The monoisotopic (exact) mass is 558 g/mol. The van der Waals surface area contributed by atoms with Gasteiger partial charge >= 0.3 is 0 Å². The Balaban J connectivity index is 1.32. The van der Waals surface area contributed by atoms with Crippen LogP contribution in [0.4, 0.5) is 0 Å². The highest BCUT2D eigenvalue weighted by Crippen LogP contribution is 2.56. The third-order valence-corrected chi connectivity index (χ3v) is 9.21. The van der Waals surface area contributed by atoms with E-state index in [0.29, 0.717) is 24.3 Å². The summed E-state index contributed by atoms with van der Waals surface area (Å²) in [5, 5.41) is 18.5. The second kappa shape index (κ2) is 9.60. The molecule has 0 atom stereocenters. The van der Waals surface area contributed by atoms with Crippen LogP contribution >= 0.6 is 0 Å². The predicted octanol–water partition coefficient (Wildman–Crippen LogP) is 7.95. The van der Waals surface area contributed by atoms with Gasteiger partial charge in [-0.05, 0) is 128 Å². The van der Waals surface area contributed by atoms with E-state index in [2.05, 4.69) is 36.4 Å². The fourth-order valence-corrected chi connectivity index (χ4v) is 7.18. The molecule has 5 aromatic rings. The van der Waals surface area contributed by atoms with Gasteiger partial charge in [0.05, 0.1) is 50.7 Å². The predicted molar refractivity (Wildman–Crippen MR) is 165 cm³/mol. The molecule has 206 valence electrons. The molecule has 43 heavy (non-hydrogen) atoms. The topological polar surface area (TPSA) is 75.3 Å². The van der Waals surface area contributed by atoms with E-state index in [9.17, 15) is 10.5 Å². The summed E-state index contributed by atoms with van der Waals surface area (Å²) in [6.45, 7) is 1.27. The number of hydrogen-bond donors (Lipinski definition) is 0. The van der Waals surface area contributed by atoms with Crippen molar-refractivity contribution < 1.29 is 14.2 Å². The van der Waals surface area contributed by atoms with Gasteiger partial charge in [0.25, 0.3) is 0 Å². The van der Waals surface area contributed by atoms with Crippen LogP contribution in [0, 0.1) is 22.7 Å². The number of ether oxygens (including phenoxy) is 3. The Bertz CT molecular complexity index is 1930. The number of rotatable bonds is 4. The highest BCUT2D eigenvalue weighted by atomic mass is 16.5. The van der Waals surface area contributed by atoms with Gasteiger partial charge in [-0.15, -0.1) is 0 Å². The highest BCUT2D eigenvalue weighted by molar-refractivity contribution is 5.99. The summed E-state index contributed by atoms with van der Waals surface area (Å²) in [6, 6.07) is 28.7. The SMILES string of the molecule is COc1cc2c(cc1-c1ccc(C#N)cc1)Cc1c3c(c4c(c1-2)-c1cc(OC)c(-c2ccc(C#N)cc2)cc1C4)COC3. The van der Waals surface area contributed by atoms with Crippen molar-refractivity contribution in [2.24, 2.45) is 0 Å². The normalized spacial score (nSPS) is 13.3.